The highest BCUT2D eigenvalue weighted by atomic mass is 19.1. The van der Waals surface area contributed by atoms with E-state index in [0.29, 0.717) is 6.42 Å². The lowest BCUT2D eigenvalue weighted by Crippen LogP contribution is -2.23. The Bertz CT molecular complexity index is 457. The topological polar surface area (TPSA) is 26.3 Å². The van der Waals surface area contributed by atoms with Gasteiger partial charge in [0.15, 0.2) is 0 Å². The molecule has 1 aliphatic heterocycles. The third kappa shape index (κ3) is 1.68. The Balaban J connectivity index is 2.48. The lowest BCUT2D eigenvalue weighted by atomic mass is 9.91. The van der Waals surface area contributed by atoms with Crippen LogP contribution in [0.5, 0.6) is 0 Å². The lowest BCUT2D eigenvalue weighted by Gasteiger charge is -2.23. The number of benzene rings is 1. The van der Waals surface area contributed by atoms with Crippen molar-refractivity contribution in [2.75, 3.05) is 0 Å². The summed E-state index contributed by atoms with van der Waals surface area (Å²) in [5.41, 5.74) is -0.675. The van der Waals surface area contributed by atoms with Crippen molar-refractivity contribution in [3.8, 4) is 0 Å². The van der Waals surface area contributed by atoms with Crippen LogP contribution in [-0.4, -0.2) is 5.97 Å². The highest BCUT2D eigenvalue weighted by Gasteiger charge is 2.39. The van der Waals surface area contributed by atoms with Gasteiger partial charge in [0.2, 0.25) is 0 Å². The van der Waals surface area contributed by atoms with Crippen LogP contribution in [0.1, 0.15) is 30.9 Å². The Morgan fingerprint density at radius 1 is 1.31 bits per heavy atom. The fraction of sp³-hybridized carbons (Fsp3) is 0.417. The summed E-state index contributed by atoms with van der Waals surface area (Å²) in [5.74, 6) is -1.39. The molecule has 1 fully saturated rings. The number of cyclic esters (lactones) is 1. The van der Waals surface area contributed by atoms with Crippen LogP contribution in [0.15, 0.2) is 12.1 Å². The summed E-state index contributed by atoms with van der Waals surface area (Å²) in [6.45, 7) is 3.09. The Labute approximate surface area is 92.2 Å². The van der Waals surface area contributed by atoms with Gasteiger partial charge in [-0.2, -0.15) is 0 Å². The van der Waals surface area contributed by atoms with E-state index in [1.165, 1.54) is 6.92 Å². The highest BCUT2D eigenvalue weighted by Crippen LogP contribution is 2.38. The average Bonchev–Trinajstić information content (AvgIpc) is 2.53. The first-order valence-corrected chi connectivity index (χ1v) is 5.10. The first-order chi connectivity index (χ1) is 7.42. The minimum atomic E-state index is -1.03. The third-order valence-electron chi connectivity index (χ3n) is 2.96. The Morgan fingerprint density at radius 3 is 2.56 bits per heavy atom. The molecule has 86 valence electrons. The molecule has 0 N–H and O–H groups in total. The zero-order valence-corrected chi connectivity index (χ0v) is 9.14. The maximum absolute atomic E-state index is 13.7. The van der Waals surface area contributed by atoms with Crippen LogP contribution in [0, 0.1) is 18.6 Å². The molecule has 1 aliphatic rings. The minimum absolute atomic E-state index is 0.112. The van der Waals surface area contributed by atoms with E-state index in [1.54, 1.807) is 6.92 Å². The highest BCUT2D eigenvalue weighted by molar-refractivity contribution is 5.72. The van der Waals surface area contributed by atoms with Crippen LogP contribution in [0.3, 0.4) is 0 Å². The van der Waals surface area contributed by atoms with Crippen LogP contribution in [0.2, 0.25) is 0 Å². The standard InChI is InChI=1S/C12H12F2O2/c1-7-5-10(14)8(6-9(7)13)12(2)4-3-11(15)16-12/h5-6H,3-4H2,1-2H3. The first kappa shape index (κ1) is 11.0. The van der Waals surface area contributed by atoms with Gasteiger partial charge in [0, 0.05) is 18.4 Å². The van der Waals surface area contributed by atoms with E-state index in [2.05, 4.69) is 0 Å². The summed E-state index contributed by atoms with van der Waals surface area (Å²) in [4.78, 5) is 11.1. The van der Waals surface area contributed by atoms with Crippen LogP contribution in [0.25, 0.3) is 0 Å². The summed E-state index contributed by atoms with van der Waals surface area (Å²) >= 11 is 0. The fourth-order valence-electron chi connectivity index (χ4n) is 1.94. The Kier molecular flexibility index (Phi) is 2.45. The molecule has 0 saturated carbocycles. The zero-order valence-electron chi connectivity index (χ0n) is 9.14. The first-order valence-electron chi connectivity index (χ1n) is 5.10. The van der Waals surface area contributed by atoms with Crippen molar-refractivity contribution >= 4 is 5.97 Å². The normalized spacial score (nSPS) is 24.6. The van der Waals surface area contributed by atoms with Gasteiger partial charge in [0.25, 0.3) is 0 Å². The van der Waals surface area contributed by atoms with E-state index in [-0.39, 0.29) is 23.5 Å². The number of carbonyl (C=O) groups is 1. The Morgan fingerprint density at radius 2 is 2.00 bits per heavy atom. The zero-order chi connectivity index (χ0) is 11.9. The predicted molar refractivity (Wildman–Crippen MR) is 53.8 cm³/mol. The monoisotopic (exact) mass is 226 g/mol. The van der Waals surface area contributed by atoms with Gasteiger partial charge in [0.05, 0.1) is 0 Å². The molecule has 0 bridgehead atoms. The molecule has 2 nitrogen and oxygen atoms in total. The smallest absolute Gasteiger partial charge is 0.306 e. The number of ether oxygens (including phenoxy) is 1. The van der Waals surface area contributed by atoms with Crippen LogP contribution >= 0.6 is 0 Å². The predicted octanol–water partition coefficient (Wildman–Crippen LogP) is 2.83. The van der Waals surface area contributed by atoms with Crippen molar-refractivity contribution in [1.82, 2.24) is 0 Å². The molecule has 1 aromatic rings. The van der Waals surface area contributed by atoms with Crippen molar-refractivity contribution in [3.63, 3.8) is 0 Å². The van der Waals surface area contributed by atoms with Crippen LogP contribution in [0.4, 0.5) is 8.78 Å². The Hall–Kier alpha value is -1.45. The van der Waals surface area contributed by atoms with E-state index < -0.39 is 17.2 Å². The van der Waals surface area contributed by atoms with Gasteiger partial charge in [-0.05, 0) is 31.5 Å². The number of aryl methyl sites for hydroxylation is 1. The second kappa shape index (κ2) is 3.54. The summed E-state index contributed by atoms with van der Waals surface area (Å²) in [6.07, 6.45) is 0.622. The van der Waals surface area contributed by atoms with Gasteiger partial charge in [-0.1, -0.05) is 0 Å². The number of halogens is 2. The van der Waals surface area contributed by atoms with E-state index in [4.69, 9.17) is 4.74 Å². The molecular formula is C12H12F2O2. The van der Waals surface area contributed by atoms with Crippen molar-refractivity contribution in [3.05, 3.63) is 34.9 Å². The number of hydrogen-bond donors (Lipinski definition) is 0. The summed E-state index contributed by atoms with van der Waals surface area (Å²) in [6, 6.07) is 2.24. The average molecular weight is 226 g/mol. The van der Waals surface area contributed by atoms with E-state index >= 15 is 0 Å². The van der Waals surface area contributed by atoms with Crippen molar-refractivity contribution < 1.29 is 18.3 Å². The summed E-state index contributed by atoms with van der Waals surface area (Å²) in [7, 11) is 0. The molecule has 1 atom stereocenters. The van der Waals surface area contributed by atoms with E-state index in [1.807, 2.05) is 0 Å². The number of rotatable bonds is 1. The molecule has 2 rings (SSSR count). The molecule has 1 aromatic carbocycles. The van der Waals surface area contributed by atoms with Gasteiger partial charge >= 0.3 is 5.97 Å². The third-order valence-corrected chi connectivity index (χ3v) is 2.96. The molecule has 0 aliphatic carbocycles. The lowest BCUT2D eigenvalue weighted by molar-refractivity contribution is -0.148. The number of hydrogen-bond acceptors (Lipinski definition) is 2. The molecule has 4 heteroatoms. The molecule has 0 amide bonds. The molecule has 0 spiro atoms. The molecule has 16 heavy (non-hydrogen) atoms. The molecular weight excluding hydrogens is 214 g/mol. The van der Waals surface area contributed by atoms with Crippen molar-refractivity contribution in [2.45, 2.75) is 32.3 Å². The quantitative estimate of drug-likeness (QED) is 0.688. The molecule has 0 aromatic heterocycles. The van der Waals surface area contributed by atoms with Gasteiger partial charge in [0.1, 0.15) is 17.2 Å². The van der Waals surface area contributed by atoms with Crippen molar-refractivity contribution in [1.29, 1.82) is 0 Å². The van der Waals surface area contributed by atoms with Gasteiger partial charge in [-0.15, -0.1) is 0 Å². The molecule has 1 unspecified atom stereocenters. The summed E-state index contributed by atoms with van der Waals surface area (Å²) < 4.78 is 32.1. The maximum atomic E-state index is 13.7. The number of carbonyl (C=O) groups excluding carboxylic acids is 1. The van der Waals surface area contributed by atoms with E-state index in [9.17, 15) is 13.6 Å². The maximum Gasteiger partial charge on any atom is 0.306 e. The second-order valence-electron chi connectivity index (χ2n) is 4.29. The van der Waals surface area contributed by atoms with E-state index in [0.717, 1.165) is 12.1 Å². The van der Waals surface area contributed by atoms with Crippen LogP contribution in [-0.2, 0) is 15.1 Å². The van der Waals surface area contributed by atoms with Crippen LogP contribution < -0.4 is 0 Å². The van der Waals surface area contributed by atoms with Gasteiger partial charge in [-0.3, -0.25) is 4.79 Å². The minimum Gasteiger partial charge on any atom is -0.454 e. The largest absolute Gasteiger partial charge is 0.454 e. The SMILES string of the molecule is Cc1cc(F)c(C2(C)CCC(=O)O2)cc1F. The molecule has 0 radical (unpaired) electrons. The summed E-state index contributed by atoms with van der Waals surface area (Å²) in [5, 5.41) is 0. The van der Waals surface area contributed by atoms with Gasteiger partial charge in [-0.25, -0.2) is 8.78 Å². The molecule has 1 saturated heterocycles. The van der Waals surface area contributed by atoms with Gasteiger partial charge < -0.3 is 4.74 Å². The number of esters is 1. The second-order valence-corrected chi connectivity index (χ2v) is 4.29. The molecule has 1 heterocycles. The fourth-order valence-corrected chi connectivity index (χ4v) is 1.94. The van der Waals surface area contributed by atoms with Crippen molar-refractivity contribution in [2.24, 2.45) is 0 Å².